The number of hydrogen-bond donors (Lipinski definition) is 1. The van der Waals surface area contributed by atoms with E-state index in [1.165, 1.54) is 58.3 Å². The number of hydrogen-bond acceptors (Lipinski definition) is 4. The van der Waals surface area contributed by atoms with Gasteiger partial charge in [-0.05, 0) is 38.8 Å². The van der Waals surface area contributed by atoms with Gasteiger partial charge in [0.15, 0.2) is 0 Å². The van der Waals surface area contributed by atoms with Crippen molar-refractivity contribution in [2.75, 3.05) is 58.9 Å². The molecule has 1 N–H and O–H groups in total. The van der Waals surface area contributed by atoms with Crippen LogP contribution in [0.4, 0.5) is 0 Å². The molecule has 3 aliphatic rings. The minimum Gasteiger partial charge on any atom is -0.352 e. The van der Waals surface area contributed by atoms with E-state index in [-0.39, 0.29) is 5.91 Å². The fourth-order valence-electron chi connectivity index (χ4n) is 3.34. The van der Waals surface area contributed by atoms with E-state index in [2.05, 4.69) is 20.0 Å². The highest BCUT2D eigenvalue weighted by molar-refractivity contribution is 5.78. The van der Waals surface area contributed by atoms with Gasteiger partial charge in [-0.15, -0.1) is 0 Å². The largest absolute Gasteiger partial charge is 0.352 e. The van der Waals surface area contributed by atoms with Gasteiger partial charge in [-0.2, -0.15) is 0 Å². The molecule has 5 nitrogen and oxygen atoms in total. The molecule has 0 radical (unpaired) electrons. The summed E-state index contributed by atoms with van der Waals surface area (Å²) in [4.78, 5) is 19.3. The summed E-state index contributed by atoms with van der Waals surface area (Å²) in [5.41, 5.74) is 0. The molecule has 1 aliphatic carbocycles. The maximum absolute atomic E-state index is 11.8. The molecule has 0 unspecified atom stereocenters. The number of nitrogens with one attached hydrogen (secondary N) is 1. The maximum atomic E-state index is 11.8. The Balaban J connectivity index is 1.28. The minimum absolute atomic E-state index is 0.222. The van der Waals surface area contributed by atoms with Crippen molar-refractivity contribution in [3.63, 3.8) is 0 Å². The van der Waals surface area contributed by atoms with Gasteiger partial charge < -0.3 is 10.2 Å². The average Bonchev–Trinajstić information content (AvgIpc) is 3.31. The Bertz CT molecular complexity index is 331. The van der Waals surface area contributed by atoms with Crippen LogP contribution in [0.25, 0.3) is 0 Å². The number of amides is 1. The number of piperidine rings is 1. The van der Waals surface area contributed by atoms with Crippen LogP contribution in [0.5, 0.6) is 0 Å². The molecular weight excluding hydrogens is 264 g/mol. The fourth-order valence-corrected chi connectivity index (χ4v) is 3.34. The molecule has 2 saturated heterocycles. The first kappa shape index (κ1) is 15.3. The van der Waals surface area contributed by atoms with E-state index in [0.29, 0.717) is 12.6 Å². The van der Waals surface area contributed by atoms with Crippen molar-refractivity contribution in [1.82, 2.24) is 20.0 Å². The van der Waals surface area contributed by atoms with E-state index < -0.39 is 0 Å². The quantitative estimate of drug-likeness (QED) is 0.768. The van der Waals surface area contributed by atoms with Crippen LogP contribution in [0.15, 0.2) is 0 Å². The molecule has 0 spiro atoms. The van der Waals surface area contributed by atoms with Crippen molar-refractivity contribution in [3.05, 3.63) is 0 Å². The molecule has 0 aromatic carbocycles. The van der Waals surface area contributed by atoms with Crippen molar-refractivity contribution >= 4 is 5.91 Å². The first-order valence-electron chi connectivity index (χ1n) is 8.76. The fraction of sp³-hybridized carbons (Fsp3) is 0.938. The highest BCUT2D eigenvalue weighted by Crippen LogP contribution is 2.18. The molecule has 2 heterocycles. The molecule has 21 heavy (non-hydrogen) atoms. The van der Waals surface area contributed by atoms with Gasteiger partial charge in [0.25, 0.3) is 0 Å². The molecule has 1 amide bonds. The SMILES string of the molecule is O=C(CN1CCN(CCN2CCCCC2)CC1)NC1CC1. The number of carbonyl (C=O) groups excluding carboxylic acids is 1. The number of nitrogens with zero attached hydrogens (tertiary/aromatic N) is 3. The summed E-state index contributed by atoms with van der Waals surface area (Å²) in [6.45, 7) is 9.91. The third-order valence-electron chi connectivity index (χ3n) is 4.96. The van der Waals surface area contributed by atoms with Gasteiger partial charge in [0.2, 0.25) is 5.91 Å². The normalized spacial score (nSPS) is 25.9. The van der Waals surface area contributed by atoms with Gasteiger partial charge in [-0.25, -0.2) is 0 Å². The monoisotopic (exact) mass is 294 g/mol. The van der Waals surface area contributed by atoms with Crippen LogP contribution in [0.3, 0.4) is 0 Å². The second-order valence-corrected chi connectivity index (χ2v) is 6.86. The predicted octanol–water partition coefficient (Wildman–Crippen LogP) is 0.369. The van der Waals surface area contributed by atoms with Gasteiger partial charge >= 0.3 is 0 Å². The maximum Gasteiger partial charge on any atom is 0.234 e. The molecule has 0 aromatic heterocycles. The van der Waals surface area contributed by atoms with Gasteiger partial charge in [0.05, 0.1) is 6.54 Å². The lowest BCUT2D eigenvalue weighted by molar-refractivity contribution is -0.122. The smallest absolute Gasteiger partial charge is 0.234 e. The van der Waals surface area contributed by atoms with Crippen LogP contribution >= 0.6 is 0 Å². The molecule has 2 aliphatic heterocycles. The topological polar surface area (TPSA) is 38.8 Å². The van der Waals surface area contributed by atoms with Gasteiger partial charge in [-0.3, -0.25) is 14.6 Å². The molecule has 0 atom stereocenters. The minimum atomic E-state index is 0.222. The number of carbonyl (C=O) groups is 1. The highest BCUT2D eigenvalue weighted by atomic mass is 16.2. The molecule has 1 saturated carbocycles. The van der Waals surface area contributed by atoms with Gasteiger partial charge in [0.1, 0.15) is 0 Å². The van der Waals surface area contributed by atoms with E-state index in [1.807, 2.05) is 0 Å². The molecule has 120 valence electrons. The van der Waals surface area contributed by atoms with Crippen LogP contribution in [-0.2, 0) is 4.79 Å². The number of likely N-dealkylation sites (tertiary alicyclic amines) is 1. The van der Waals surface area contributed by atoms with Crippen LogP contribution in [0.1, 0.15) is 32.1 Å². The van der Waals surface area contributed by atoms with Crippen molar-refractivity contribution in [2.45, 2.75) is 38.1 Å². The van der Waals surface area contributed by atoms with Crippen molar-refractivity contribution in [2.24, 2.45) is 0 Å². The summed E-state index contributed by atoms with van der Waals surface area (Å²) in [6.07, 6.45) is 6.53. The lowest BCUT2D eigenvalue weighted by atomic mass is 10.1. The summed E-state index contributed by atoms with van der Waals surface area (Å²) in [5.74, 6) is 0.222. The molecular formula is C16H30N4O. The summed E-state index contributed by atoms with van der Waals surface area (Å²) < 4.78 is 0. The van der Waals surface area contributed by atoms with Crippen LogP contribution in [-0.4, -0.2) is 85.6 Å². The Morgan fingerprint density at radius 1 is 0.810 bits per heavy atom. The summed E-state index contributed by atoms with van der Waals surface area (Å²) in [7, 11) is 0. The zero-order chi connectivity index (χ0) is 14.5. The Kier molecular flexibility index (Phi) is 5.49. The van der Waals surface area contributed by atoms with Crippen molar-refractivity contribution in [3.8, 4) is 0 Å². The van der Waals surface area contributed by atoms with E-state index in [0.717, 1.165) is 26.2 Å². The van der Waals surface area contributed by atoms with Gasteiger partial charge in [-0.1, -0.05) is 6.42 Å². The molecule has 5 heteroatoms. The Labute approximate surface area is 128 Å². The van der Waals surface area contributed by atoms with Gasteiger partial charge in [0, 0.05) is 45.3 Å². The summed E-state index contributed by atoms with van der Waals surface area (Å²) in [5, 5.41) is 3.08. The second-order valence-electron chi connectivity index (χ2n) is 6.86. The van der Waals surface area contributed by atoms with Crippen molar-refractivity contribution < 1.29 is 4.79 Å². The highest BCUT2D eigenvalue weighted by Gasteiger charge is 2.25. The molecule has 0 bridgehead atoms. The van der Waals surface area contributed by atoms with E-state index >= 15 is 0 Å². The Morgan fingerprint density at radius 2 is 1.38 bits per heavy atom. The average molecular weight is 294 g/mol. The zero-order valence-corrected chi connectivity index (χ0v) is 13.2. The lowest BCUT2D eigenvalue weighted by Crippen LogP contribution is -2.51. The number of piperazine rings is 1. The summed E-state index contributed by atoms with van der Waals surface area (Å²) in [6, 6.07) is 0.489. The molecule has 3 rings (SSSR count). The first-order valence-corrected chi connectivity index (χ1v) is 8.76. The molecule has 3 fully saturated rings. The zero-order valence-electron chi connectivity index (χ0n) is 13.2. The van der Waals surface area contributed by atoms with Crippen LogP contribution in [0, 0.1) is 0 Å². The first-order chi connectivity index (χ1) is 10.3. The molecule has 0 aromatic rings. The Morgan fingerprint density at radius 3 is 2.00 bits per heavy atom. The van der Waals surface area contributed by atoms with Crippen LogP contribution in [0.2, 0.25) is 0 Å². The standard InChI is InChI=1S/C16H30N4O/c21-16(17-15-4-5-15)14-20-12-10-19(11-13-20)9-8-18-6-2-1-3-7-18/h15H,1-14H2,(H,17,21). The number of rotatable bonds is 6. The van der Waals surface area contributed by atoms with Crippen LogP contribution < -0.4 is 5.32 Å². The third-order valence-corrected chi connectivity index (χ3v) is 4.96. The summed E-state index contributed by atoms with van der Waals surface area (Å²) >= 11 is 0. The van der Waals surface area contributed by atoms with Crippen molar-refractivity contribution in [1.29, 1.82) is 0 Å². The lowest BCUT2D eigenvalue weighted by Gasteiger charge is -2.36. The predicted molar refractivity (Wildman–Crippen MR) is 84.3 cm³/mol. The third kappa shape index (κ3) is 5.24. The second kappa shape index (κ2) is 7.56. The Hall–Kier alpha value is -0.650. The van der Waals surface area contributed by atoms with E-state index in [4.69, 9.17) is 0 Å². The van der Waals surface area contributed by atoms with E-state index in [9.17, 15) is 4.79 Å². The van der Waals surface area contributed by atoms with E-state index in [1.54, 1.807) is 0 Å².